The van der Waals surface area contributed by atoms with Crippen LogP contribution in [0.25, 0.3) is 22.2 Å². The van der Waals surface area contributed by atoms with Crippen LogP contribution in [-0.4, -0.2) is 24.7 Å². The maximum absolute atomic E-state index is 12.2. The summed E-state index contributed by atoms with van der Waals surface area (Å²) in [5, 5.41) is 4.01. The van der Waals surface area contributed by atoms with Crippen LogP contribution in [0.2, 0.25) is 0 Å². The number of halogens is 1. The Hall–Kier alpha value is -3.14. The van der Waals surface area contributed by atoms with Gasteiger partial charge in [-0.3, -0.25) is 5.32 Å². The fourth-order valence-electron chi connectivity index (χ4n) is 4.40. The highest BCUT2D eigenvalue weighted by Gasteiger charge is 2.32. The summed E-state index contributed by atoms with van der Waals surface area (Å²) in [5.41, 5.74) is 4.12. The van der Waals surface area contributed by atoms with Crippen LogP contribution in [0.5, 0.6) is 11.8 Å². The number of nitrogens with zero attached hydrogens (tertiary/aromatic N) is 3. The number of aromatic nitrogens is 3. The smallest absolute Gasteiger partial charge is 0.412 e. The summed E-state index contributed by atoms with van der Waals surface area (Å²) in [4.78, 5) is 20.6. The Labute approximate surface area is 217 Å². The van der Waals surface area contributed by atoms with Crippen LogP contribution >= 0.6 is 22.6 Å². The van der Waals surface area contributed by atoms with Crippen molar-refractivity contribution < 1.29 is 14.3 Å². The van der Waals surface area contributed by atoms with Crippen molar-refractivity contribution in [1.82, 2.24) is 14.5 Å². The van der Waals surface area contributed by atoms with E-state index in [9.17, 15) is 4.79 Å². The number of hydrogen-bond donors (Lipinski definition) is 1. The number of nitrogens with one attached hydrogen (secondary N) is 1. The van der Waals surface area contributed by atoms with Gasteiger partial charge in [0.2, 0.25) is 0 Å². The zero-order chi connectivity index (χ0) is 23.8. The van der Waals surface area contributed by atoms with Crippen LogP contribution in [-0.2, 0) is 4.74 Å². The lowest BCUT2D eigenvalue weighted by atomic mass is 9.92. The molecule has 8 heteroatoms. The summed E-state index contributed by atoms with van der Waals surface area (Å²) in [7, 11) is 0. The number of alkyl halides is 1. The summed E-state index contributed by atoms with van der Waals surface area (Å²) in [6.07, 6.45) is 8.77. The van der Waals surface area contributed by atoms with Gasteiger partial charge in [0.25, 0.3) is 0 Å². The van der Waals surface area contributed by atoms with Crippen molar-refractivity contribution in [1.29, 1.82) is 0 Å². The van der Waals surface area contributed by atoms with Crippen molar-refractivity contribution >= 4 is 45.3 Å². The molecule has 1 N–H and O–H groups in total. The molecule has 0 radical (unpaired) electrons. The molecular formula is C27H25IN4O3. The predicted molar refractivity (Wildman–Crippen MR) is 143 cm³/mol. The number of rotatable bonds is 7. The van der Waals surface area contributed by atoms with Gasteiger partial charge in [0.15, 0.2) is 4.11 Å². The molecule has 0 spiro atoms. The van der Waals surface area contributed by atoms with Crippen molar-refractivity contribution in [2.75, 3.05) is 5.32 Å². The van der Waals surface area contributed by atoms with Crippen LogP contribution in [0.1, 0.15) is 38.1 Å². The number of anilines is 1. The monoisotopic (exact) mass is 580 g/mol. The zero-order valence-electron chi connectivity index (χ0n) is 19.1. The van der Waals surface area contributed by atoms with Gasteiger partial charge in [0, 0.05) is 47.2 Å². The van der Waals surface area contributed by atoms with Gasteiger partial charge in [0.1, 0.15) is 5.75 Å². The fraction of sp³-hybridized carbons (Fsp3) is 0.296. The second kappa shape index (κ2) is 9.49. The summed E-state index contributed by atoms with van der Waals surface area (Å²) < 4.78 is 13.7. The fourth-order valence-corrected chi connectivity index (χ4v) is 5.35. The maximum Gasteiger partial charge on any atom is 0.412 e. The summed E-state index contributed by atoms with van der Waals surface area (Å²) >= 11 is 2.20. The molecule has 2 aliphatic carbocycles. The van der Waals surface area contributed by atoms with E-state index in [1.54, 1.807) is 18.5 Å². The van der Waals surface area contributed by atoms with E-state index in [1.807, 2.05) is 18.2 Å². The van der Waals surface area contributed by atoms with E-state index < -0.39 is 6.09 Å². The molecular weight excluding hydrogens is 555 g/mol. The standard InChI is InChI=1S/C27H25IN4O3/c28-25(18-5-6-18)35-27(33)31-20-10-7-17(8-11-20)23-15-19-9-12-22(34-26-29-13-2-14-30-26)16-24(19)32(23)21-3-1-4-21/h2,7-16,18,21,25H,1,3-6H2,(H,31,33)/t25-/m0/s1. The minimum Gasteiger partial charge on any atom is -0.435 e. The minimum atomic E-state index is -0.400. The molecule has 1 atom stereocenters. The third-order valence-electron chi connectivity index (χ3n) is 6.64. The second-order valence-corrected chi connectivity index (χ2v) is 10.4. The van der Waals surface area contributed by atoms with Crippen molar-refractivity contribution in [3.05, 3.63) is 67.0 Å². The van der Waals surface area contributed by atoms with E-state index in [2.05, 4.69) is 72.8 Å². The Morgan fingerprint density at radius 3 is 2.49 bits per heavy atom. The number of fused-ring (bicyclic) bond motifs is 1. The molecule has 2 aromatic heterocycles. The van der Waals surface area contributed by atoms with Crippen molar-refractivity contribution in [3.8, 4) is 23.0 Å². The molecule has 0 saturated heterocycles. The Bertz CT molecular complexity index is 1350. The number of carbonyl (C=O) groups is 1. The molecule has 2 aromatic carbocycles. The highest BCUT2D eigenvalue weighted by atomic mass is 127. The van der Waals surface area contributed by atoms with Crippen molar-refractivity contribution in [2.45, 2.75) is 42.3 Å². The van der Waals surface area contributed by atoms with Gasteiger partial charge >= 0.3 is 12.1 Å². The van der Waals surface area contributed by atoms with E-state index in [1.165, 1.54) is 6.42 Å². The predicted octanol–water partition coefficient (Wildman–Crippen LogP) is 7.34. The molecule has 0 bridgehead atoms. The molecule has 6 rings (SSSR count). The van der Waals surface area contributed by atoms with Crippen LogP contribution in [0.15, 0.2) is 67.0 Å². The van der Waals surface area contributed by atoms with E-state index >= 15 is 0 Å². The number of hydrogen-bond acceptors (Lipinski definition) is 5. The Kier molecular flexibility index (Phi) is 6.05. The normalized spacial score (nSPS) is 16.5. The van der Waals surface area contributed by atoms with Gasteiger partial charge in [-0.25, -0.2) is 14.8 Å². The molecule has 178 valence electrons. The molecule has 2 heterocycles. The van der Waals surface area contributed by atoms with Crippen molar-refractivity contribution in [2.24, 2.45) is 5.92 Å². The molecule has 0 unspecified atom stereocenters. The first-order chi connectivity index (χ1) is 17.1. The SMILES string of the molecule is O=C(Nc1ccc(-c2cc3ccc(Oc4ncccn4)cc3n2C2CCC2)cc1)O[C@H](I)C1CC1. The molecule has 2 saturated carbocycles. The maximum atomic E-state index is 12.2. The molecule has 7 nitrogen and oxygen atoms in total. The van der Waals surface area contributed by atoms with E-state index in [0.717, 1.165) is 53.5 Å². The molecule has 4 aromatic rings. The first kappa shape index (κ1) is 22.3. The topological polar surface area (TPSA) is 78.3 Å². The highest BCUT2D eigenvalue weighted by Crippen LogP contribution is 2.41. The molecule has 1 amide bonds. The summed E-state index contributed by atoms with van der Waals surface area (Å²) in [5.74, 6) is 1.22. The minimum absolute atomic E-state index is 0.0626. The number of carbonyl (C=O) groups excluding carboxylic acids is 1. The Balaban J connectivity index is 1.26. The first-order valence-corrected chi connectivity index (χ1v) is 13.2. The van der Waals surface area contributed by atoms with Gasteiger partial charge in [-0.1, -0.05) is 12.1 Å². The van der Waals surface area contributed by atoms with E-state index in [4.69, 9.17) is 9.47 Å². The van der Waals surface area contributed by atoms with Gasteiger partial charge < -0.3 is 14.0 Å². The number of ether oxygens (including phenoxy) is 2. The average molecular weight is 580 g/mol. The lowest BCUT2D eigenvalue weighted by Crippen LogP contribution is -2.19. The average Bonchev–Trinajstić information content (AvgIpc) is 3.62. The quantitative estimate of drug-likeness (QED) is 0.183. The molecule has 0 aliphatic heterocycles. The van der Waals surface area contributed by atoms with Gasteiger partial charge in [0.05, 0.1) is 5.52 Å². The first-order valence-electron chi connectivity index (χ1n) is 12.0. The molecule has 35 heavy (non-hydrogen) atoms. The molecule has 2 aliphatic rings. The lowest BCUT2D eigenvalue weighted by molar-refractivity contribution is 0.148. The lowest BCUT2D eigenvalue weighted by Gasteiger charge is -2.30. The van der Waals surface area contributed by atoms with Crippen molar-refractivity contribution in [3.63, 3.8) is 0 Å². The van der Waals surface area contributed by atoms with Gasteiger partial charge in [-0.05, 0) is 96.7 Å². The van der Waals surface area contributed by atoms with Crippen LogP contribution in [0.4, 0.5) is 10.5 Å². The molecule has 2 fully saturated rings. The number of amides is 1. The summed E-state index contributed by atoms with van der Waals surface area (Å²) in [6.45, 7) is 0. The van der Waals surface area contributed by atoms with Crippen LogP contribution in [0.3, 0.4) is 0 Å². The number of benzene rings is 2. The third kappa shape index (κ3) is 4.84. The Morgan fingerprint density at radius 1 is 1.03 bits per heavy atom. The third-order valence-corrected chi connectivity index (χ3v) is 7.91. The van der Waals surface area contributed by atoms with E-state index in [0.29, 0.717) is 23.7 Å². The van der Waals surface area contributed by atoms with Gasteiger partial charge in [-0.15, -0.1) is 0 Å². The Morgan fingerprint density at radius 2 is 1.80 bits per heavy atom. The van der Waals surface area contributed by atoms with Crippen LogP contribution < -0.4 is 10.1 Å². The van der Waals surface area contributed by atoms with E-state index in [-0.39, 0.29) is 4.11 Å². The highest BCUT2D eigenvalue weighted by molar-refractivity contribution is 14.1. The second-order valence-electron chi connectivity index (χ2n) is 9.13. The van der Waals surface area contributed by atoms with Crippen LogP contribution in [0, 0.1) is 5.92 Å². The van der Waals surface area contributed by atoms with Gasteiger partial charge in [-0.2, -0.15) is 0 Å². The summed E-state index contributed by atoms with van der Waals surface area (Å²) in [6, 6.07) is 18.9. The largest absolute Gasteiger partial charge is 0.435 e. The zero-order valence-corrected chi connectivity index (χ0v) is 21.2.